The first-order valence-electron chi connectivity index (χ1n) is 6.67. The first kappa shape index (κ1) is 13.9. The number of aromatic nitrogens is 2. The van der Waals surface area contributed by atoms with Gasteiger partial charge in [0, 0.05) is 12.7 Å². The second-order valence-corrected chi connectivity index (χ2v) is 5.55. The van der Waals surface area contributed by atoms with Crippen LogP contribution in [0.1, 0.15) is 29.0 Å². The van der Waals surface area contributed by atoms with Gasteiger partial charge in [0.05, 0.1) is 10.7 Å². The van der Waals surface area contributed by atoms with E-state index in [1.54, 1.807) is 29.7 Å². The molecule has 3 rings (SSSR count). The summed E-state index contributed by atoms with van der Waals surface area (Å²) in [6.45, 7) is 2.18. The van der Waals surface area contributed by atoms with Crippen molar-refractivity contribution in [2.45, 2.75) is 25.8 Å². The zero-order valence-corrected chi connectivity index (χ0v) is 12.2. The Bertz CT molecular complexity index is 740. The van der Waals surface area contributed by atoms with Crippen molar-refractivity contribution in [2.24, 2.45) is 0 Å². The van der Waals surface area contributed by atoms with E-state index < -0.39 is 12.0 Å². The first-order valence-corrected chi connectivity index (χ1v) is 7.05. The first-order chi connectivity index (χ1) is 9.99. The van der Waals surface area contributed by atoms with E-state index in [-0.39, 0.29) is 5.91 Å². The molecule has 0 saturated carbocycles. The van der Waals surface area contributed by atoms with Crippen LogP contribution in [-0.2, 0) is 4.79 Å². The number of carbonyl (C=O) groups excluding carboxylic acids is 1. The van der Waals surface area contributed by atoms with Gasteiger partial charge in [-0.25, -0.2) is 9.78 Å². The summed E-state index contributed by atoms with van der Waals surface area (Å²) < 4.78 is 1.62. The molecule has 21 heavy (non-hydrogen) atoms. The number of aryl methyl sites for hydroxylation is 1. The van der Waals surface area contributed by atoms with E-state index in [0.29, 0.717) is 41.4 Å². The van der Waals surface area contributed by atoms with Gasteiger partial charge in [-0.05, 0) is 31.9 Å². The number of imidazole rings is 1. The molecule has 3 heterocycles. The summed E-state index contributed by atoms with van der Waals surface area (Å²) in [4.78, 5) is 29.7. The zero-order chi connectivity index (χ0) is 15.1. The summed E-state index contributed by atoms with van der Waals surface area (Å²) in [6, 6.07) is 2.67. The van der Waals surface area contributed by atoms with Crippen molar-refractivity contribution in [1.82, 2.24) is 14.3 Å². The Morgan fingerprint density at radius 3 is 2.90 bits per heavy atom. The average Bonchev–Trinajstić information content (AvgIpc) is 3.01. The molecule has 110 valence electrons. The molecule has 1 fully saturated rings. The Hall–Kier alpha value is -2.08. The largest absolute Gasteiger partial charge is 0.480 e. The van der Waals surface area contributed by atoms with Crippen molar-refractivity contribution in [3.63, 3.8) is 0 Å². The molecule has 1 aliphatic rings. The normalized spacial score (nSPS) is 18.4. The monoisotopic (exact) mass is 307 g/mol. The number of hydrogen-bond acceptors (Lipinski definition) is 3. The minimum Gasteiger partial charge on any atom is -0.480 e. The molecule has 2 aromatic rings. The number of hydrogen-bond donors (Lipinski definition) is 1. The molecule has 0 radical (unpaired) electrons. The lowest BCUT2D eigenvalue weighted by atomic mass is 10.2. The van der Waals surface area contributed by atoms with Crippen LogP contribution < -0.4 is 0 Å². The number of carboxylic acids is 1. The van der Waals surface area contributed by atoms with Crippen molar-refractivity contribution < 1.29 is 14.7 Å². The van der Waals surface area contributed by atoms with Crippen LogP contribution in [0.25, 0.3) is 5.65 Å². The number of fused-ring (bicyclic) bond motifs is 1. The number of nitrogens with zero attached hydrogens (tertiary/aromatic N) is 3. The van der Waals surface area contributed by atoms with E-state index in [9.17, 15) is 14.7 Å². The van der Waals surface area contributed by atoms with Crippen molar-refractivity contribution in [1.29, 1.82) is 0 Å². The Balaban J connectivity index is 2.07. The summed E-state index contributed by atoms with van der Waals surface area (Å²) >= 11 is 5.98. The number of carbonyl (C=O) groups is 2. The van der Waals surface area contributed by atoms with Gasteiger partial charge in [0.25, 0.3) is 5.91 Å². The minimum atomic E-state index is -0.967. The van der Waals surface area contributed by atoms with Gasteiger partial charge in [-0.2, -0.15) is 0 Å². The van der Waals surface area contributed by atoms with E-state index in [4.69, 9.17) is 11.6 Å². The van der Waals surface area contributed by atoms with Crippen LogP contribution in [-0.4, -0.2) is 43.9 Å². The molecule has 1 aliphatic heterocycles. The quantitative estimate of drug-likeness (QED) is 0.920. The lowest BCUT2D eigenvalue weighted by Crippen LogP contribution is -2.41. The predicted molar refractivity (Wildman–Crippen MR) is 76.6 cm³/mol. The van der Waals surface area contributed by atoms with Crippen molar-refractivity contribution in [3.8, 4) is 0 Å². The molecule has 0 aliphatic carbocycles. The number of carboxylic acid groups (broad SMARTS) is 1. The fourth-order valence-corrected chi connectivity index (χ4v) is 2.96. The third-order valence-corrected chi connectivity index (χ3v) is 3.98. The molecule has 6 nitrogen and oxygen atoms in total. The Morgan fingerprint density at radius 1 is 1.43 bits per heavy atom. The highest BCUT2D eigenvalue weighted by Gasteiger charge is 2.36. The van der Waals surface area contributed by atoms with Crippen LogP contribution in [0, 0.1) is 6.92 Å². The fourth-order valence-electron chi connectivity index (χ4n) is 2.80. The van der Waals surface area contributed by atoms with Gasteiger partial charge >= 0.3 is 5.97 Å². The van der Waals surface area contributed by atoms with E-state index >= 15 is 0 Å². The van der Waals surface area contributed by atoms with E-state index in [1.807, 2.05) is 0 Å². The number of amides is 1. The van der Waals surface area contributed by atoms with E-state index in [0.717, 1.165) is 0 Å². The fraction of sp³-hybridized carbons (Fsp3) is 0.357. The maximum Gasteiger partial charge on any atom is 0.326 e. The second kappa shape index (κ2) is 5.04. The van der Waals surface area contributed by atoms with Crippen LogP contribution >= 0.6 is 11.6 Å². The lowest BCUT2D eigenvalue weighted by molar-refractivity contribution is -0.141. The molecule has 1 unspecified atom stereocenters. The molecular weight excluding hydrogens is 294 g/mol. The van der Waals surface area contributed by atoms with E-state index in [1.165, 1.54) is 4.90 Å². The van der Waals surface area contributed by atoms with Crippen molar-refractivity contribution in [3.05, 3.63) is 34.7 Å². The summed E-state index contributed by atoms with van der Waals surface area (Å²) in [5, 5.41) is 9.71. The third kappa shape index (κ3) is 2.25. The zero-order valence-electron chi connectivity index (χ0n) is 11.4. The molecule has 0 bridgehead atoms. The van der Waals surface area contributed by atoms with Gasteiger partial charge < -0.3 is 10.0 Å². The molecule has 0 aromatic carbocycles. The highest BCUT2D eigenvalue weighted by molar-refractivity contribution is 6.30. The minimum absolute atomic E-state index is 0.313. The topological polar surface area (TPSA) is 74.9 Å². The SMILES string of the molecule is Cc1nc2ccc(Cl)cn2c1C(=O)N1CCCC1C(=O)O. The van der Waals surface area contributed by atoms with Crippen molar-refractivity contribution >= 4 is 29.1 Å². The number of halogens is 1. The highest BCUT2D eigenvalue weighted by Crippen LogP contribution is 2.23. The number of pyridine rings is 1. The van der Waals surface area contributed by atoms with Gasteiger partial charge in [0.1, 0.15) is 17.4 Å². The highest BCUT2D eigenvalue weighted by atomic mass is 35.5. The molecule has 1 amide bonds. The van der Waals surface area contributed by atoms with Crippen LogP contribution in [0.4, 0.5) is 0 Å². The summed E-state index contributed by atoms with van der Waals surface area (Å²) in [5.41, 5.74) is 1.56. The molecule has 7 heteroatoms. The maximum atomic E-state index is 12.7. The Morgan fingerprint density at radius 2 is 2.19 bits per heavy atom. The molecule has 1 saturated heterocycles. The molecule has 2 aromatic heterocycles. The summed E-state index contributed by atoms with van der Waals surface area (Å²) in [6.07, 6.45) is 2.80. The number of aliphatic carboxylic acids is 1. The van der Waals surface area contributed by atoms with Crippen LogP contribution in [0.2, 0.25) is 5.02 Å². The molecular formula is C14H14ClN3O3. The Kier molecular flexibility index (Phi) is 3.33. The summed E-state index contributed by atoms with van der Waals surface area (Å²) in [5.74, 6) is -1.28. The van der Waals surface area contributed by atoms with Gasteiger partial charge in [0.2, 0.25) is 0 Å². The van der Waals surface area contributed by atoms with Crippen LogP contribution in [0.3, 0.4) is 0 Å². The summed E-state index contributed by atoms with van der Waals surface area (Å²) in [7, 11) is 0. The Labute approximate surface area is 125 Å². The standard InChI is InChI=1S/C14H14ClN3O3/c1-8-12(18-7-9(15)4-5-11(18)16-8)13(19)17-6-2-3-10(17)14(20)21/h4-5,7,10H,2-3,6H2,1H3,(H,20,21). The van der Waals surface area contributed by atoms with Crippen molar-refractivity contribution in [2.75, 3.05) is 6.54 Å². The van der Waals surface area contributed by atoms with Crippen LogP contribution in [0.5, 0.6) is 0 Å². The molecule has 1 atom stereocenters. The number of rotatable bonds is 2. The van der Waals surface area contributed by atoms with Gasteiger partial charge in [0.15, 0.2) is 0 Å². The third-order valence-electron chi connectivity index (χ3n) is 3.76. The second-order valence-electron chi connectivity index (χ2n) is 5.12. The van der Waals surface area contributed by atoms with Gasteiger partial charge in [-0.15, -0.1) is 0 Å². The number of likely N-dealkylation sites (tertiary alicyclic amines) is 1. The van der Waals surface area contributed by atoms with Crippen LogP contribution in [0.15, 0.2) is 18.3 Å². The van der Waals surface area contributed by atoms with Gasteiger partial charge in [-0.3, -0.25) is 9.20 Å². The molecule has 1 N–H and O–H groups in total. The maximum absolute atomic E-state index is 12.7. The molecule has 0 spiro atoms. The predicted octanol–water partition coefficient (Wildman–Crippen LogP) is 1.99. The smallest absolute Gasteiger partial charge is 0.326 e. The average molecular weight is 308 g/mol. The lowest BCUT2D eigenvalue weighted by Gasteiger charge is -2.21. The van der Waals surface area contributed by atoms with Gasteiger partial charge in [-0.1, -0.05) is 11.6 Å². The van der Waals surface area contributed by atoms with E-state index in [2.05, 4.69) is 4.98 Å².